The zero-order chi connectivity index (χ0) is 7.44. The molecular weight excluding hydrogens is 138 g/mol. The summed E-state index contributed by atoms with van der Waals surface area (Å²) in [4.78, 5) is 10.3. The van der Waals surface area contributed by atoms with Gasteiger partial charge in [-0.15, -0.1) is 0 Å². The van der Waals surface area contributed by atoms with Gasteiger partial charge in [0.25, 0.3) is 0 Å². The van der Waals surface area contributed by atoms with Crippen molar-refractivity contribution in [1.29, 1.82) is 0 Å². The van der Waals surface area contributed by atoms with E-state index in [1.54, 1.807) is 0 Å². The van der Waals surface area contributed by atoms with Crippen LogP contribution in [-0.4, -0.2) is 28.6 Å². The van der Waals surface area contributed by atoms with Gasteiger partial charge in [-0.05, 0) is 13.8 Å². The maximum absolute atomic E-state index is 10.3. The molecule has 0 saturated carbocycles. The van der Waals surface area contributed by atoms with E-state index in [4.69, 9.17) is 10.2 Å². The van der Waals surface area contributed by atoms with Crippen molar-refractivity contribution < 1.29 is 19.7 Å². The minimum atomic E-state index is -1.17. The minimum Gasteiger partial charge on any atom is -0.434 e. The molecule has 0 radical (unpaired) electrons. The summed E-state index contributed by atoms with van der Waals surface area (Å²) in [7, 11) is 0. The summed E-state index contributed by atoms with van der Waals surface area (Å²) in [5.41, 5.74) is 0. The SMILES string of the molecule is CC(O)OC(=O)C(C)O.N. The Labute approximate surface area is 59.2 Å². The lowest BCUT2D eigenvalue weighted by Gasteiger charge is -2.07. The maximum atomic E-state index is 10.3. The topological polar surface area (TPSA) is 102 Å². The normalized spacial score (nSPS) is 14.8. The van der Waals surface area contributed by atoms with Crippen LogP contribution in [0.4, 0.5) is 0 Å². The van der Waals surface area contributed by atoms with Gasteiger partial charge in [-0.3, -0.25) is 0 Å². The molecule has 0 heterocycles. The van der Waals surface area contributed by atoms with Gasteiger partial charge < -0.3 is 21.1 Å². The van der Waals surface area contributed by atoms with E-state index in [0.717, 1.165) is 0 Å². The second-order valence-electron chi connectivity index (χ2n) is 1.71. The Bertz CT molecular complexity index is 102. The molecule has 5 N–H and O–H groups in total. The molecule has 0 aromatic carbocycles. The van der Waals surface area contributed by atoms with Crippen LogP contribution in [0, 0.1) is 0 Å². The predicted octanol–water partition coefficient (Wildman–Crippen LogP) is -0.589. The molecule has 2 atom stereocenters. The van der Waals surface area contributed by atoms with E-state index in [-0.39, 0.29) is 6.15 Å². The van der Waals surface area contributed by atoms with Gasteiger partial charge in [0.2, 0.25) is 0 Å². The lowest BCUT2D eigenvalue weighted by molar-refractivity contribution is -0.173. The zero-order valence-corrected chi connectivity index (χ0v) is 6.07. The van der Waals surface area contributed by atoms with E-state index < -0.39 is 18.4 Å². The summed E-state index contributed by atoms with van der Waals surface area (Å²) in [6.45, 7) is 2.56. The first-order valence-corrected chi connectivity index (χ1v) is 2.60. The third kappa shape index (κ3) is 5.49. The largest absolute Gasteiger partial charge is 0.434 e. The molecule has 0 amide bonds. The summed E-state index contributed by atoms with van der Waals surface area (Å²) in [6, 6.07) is 0. The Morgan fingerprint density at radius 1 is 1.40 bits per heavy atom. The molecule has 10 heavy (non-hydrogen) atoms. The van der Waals surface area contributed by atoms with Gasteiger partial charge in [0.15, 0.2) is 6.29 Å². The first-order valence-electron chi connectivity index (χ1n) is 2.60. The van der Waals surface area contributed by atoms with E-state index >= 15 is 0 Å². The zero-order valence-electron chi connectivity index (χ0n) is 6.07. The van der Waals surface area contributed by atoms with Crippen molar-refractivity contribution in [2.24, 2.45) is 0 Å². The summed E-state index contributed by atoms with van der Waals surface area (Å²) >= 11 is 0. The van der Waals surface area contributed by atoms with Crippen molar-refractivity contribution in [3.63, 3.8) is 0 Å². The molecule has 0 fully saturated rings. The molecular formula is C5H13NO4. The van der Waals surface area contributed by atoms with Gasteiger partial charge in [-0.25, -0.2) is 4.79 Å². The van der Waals surface area contributed by atoms with Crippen LogP contribution in [0.25, 0.3) is 0 Å². The van der Waals surface area contributed by atoms with Crippen LogP contribution in [0.15, 0.2) is 0 Å². The predicted molar refractivity (Wildman–Crippen MR) is 34.5 cm³/mol. The first-order chi connectivity index (χ1) is 4.04. The van der Waals surface area contributed by atoms with E-state index in [1.807, 2.05) is 0 Å². The number of carbonyl (C=O) groups excluding carboxylic acids is 1. The third-order valence-corrected chi connectivity index (χ3v) is 0.628. The monoisotopic (exact) mass is 151 g/mol. The van der Waals surface area contributed by atoms with Gasteiger partial charge in [-0.1, -0.05) is 0 Å². The number of aliphatic hydroxyl groups excluding tert-OH is 2. The van der Waals surface area contributed by atoms with Gasteiger partial charge in [0, 0.05) is 0 Å². The molecule has 0 rings (SSSR count). The average molecular weight is 151 g/mol. The molecule has 0 aromatic rings. The Kier molecular flexibility index (Phi) is 6.23. The number of aliphatic hydroxyl groups is 2. The highest BCUT2D eigenvalue weighted by molar-refractivity contribution is 5.73. The average Bonchev–Trinajstić information content (AvgIpc) is 1.63. The molecule has 0 aliphatic heterocycles. The highest BCUT2D eigenvalue weighted by Gasteiger charge is 2.11. The molecule has 5 nitrogen and oxygen atoms in total. The smallest absolute Gasteiger partial charge is 0.336 e. The molecule has 0 saturated heterocycles. The van der Waals surface area contributed by atoms with E-state index in [9.17, 15) is 4.79 Å². The molecule has 0 bridgehead atoms. The second kappa shape index (κ2) is 5.16. The Morgan fingerprint density at radius 2 is 1.80 bits per heavy atom. The van der Waals surface area contributed by atoms with Crippen LogP contribution in [-0.2, 0) is 9.53 Å². The van der Waals surface area contributed by atoms with Crippen LogP contribution in [0.2, 0.25) is 0 Å². The van der Waals surface area contributed by atoms with Crippen molar-refractivity contribution in [3.8, 4) is 0 Å². The van der Waals surface area contributed by atoms with Crippen LogP contribution < -0.4 is 6.15 Å². The van der Waals surface area contributed by atoms with E-state index in [2.05, 4.69) is 4.74 Å². The van der Waals surface area contributed by atoms with Crippen molar-refractivity contribution in [2.45, 2.75) is 26.2 Å². The molecule has 0 aromatic heterocycles. The number of hydrogen-bond acceptors (Lipinski definition) is 5. The van der Waals surface area contributed by atoms with E-state index in [0.29, 0.717) is 0 Å². The number of ether oxygens (including phenoxy) is 1. The van der Waals surface area contributed by atoms with Crippen LogP contribution in [0.3, 0.4) is 0 Å². The quantitative estimate of drug-likeness (QED) is 0.361. The van der Waals surface area contributed by atoms with Gasteiger partial charge in [-0.2, -0.15) is 0 Å². The standard InChI is InChI=1S/C5H10O4.H3N/c1-3(6)5(8)9-4(2)7;/h3-4,6-7H,1-2H3;1H3. The van der Waals surface area contributed by atoms with Crippen molar-refractivity contribution in [1.82, 2.24) is 6.15 Å². The van der Waals surface area contributed by atoms with Crippen molar-refractivity contribution in [3.05, 3.63) is 0 Å². The highest BCUT2D eigenvalue weighted by Crippen LogP contribution is 1.89. The lowest BCUT2D eigenvalue weighted by Crippen LogP contribution is -2.23. The van der Waals surface area contributed by atoms with Crippen molar-refractivity contribution >= 4 is 5.97 Å². The summed E-state index contributed by atoms with van der Waals surface area (Å²) in [5.74, 6) is -0.815. The van der Waals surface area contributed by atoms with Gasteiger partial charge >= 0.3 is 5.97 Å². The Morgan fingerprint density at radius 3 is 1.90 bits per heavy atom. The highest BCUT2D eigenvalue weighted by atomic mass is 16.6. The van der Waals surface area contributed by atoms with Gasteiger partial charge in [0.05, 0.1) is 0 Å². The molecule has 5 heteroatoms. The number of rotatable bonds is 2. The molecule has 62 valence electrons. The molecule has 0 aliphatic carbocycles. The Hall–Kier alpha value is -0.650. The lowest BCUT2D eigenvalue weighted by atomic mass is 10.4. The fourth-order valence-corrected chi connectivity index (χ4v) is 0.267. The summed E-state index contributed by atoms with van der Waals surface area (Å²) in [6.07, 6.45) is -2.31. The fourth-order valence-electron chi connectivity index (χ4n) is 0.267. The molecule has 0 spiro atoms. The van der Waals surface area contributed by atoms with E-state index in [1.165, 1.54) is 13.8 Å². The fraction of sp³-hybridized carbons (Fsp3) is 0.800. The van der Waals surface area contributed by atoms with Crippen LogP contribution in [0.5, 0.6) is 0 Å². The summed E-state index contributed by atoms with van der Waals surface area (Å²) in [5, 5.41) is 16.9. The summed E-state index contributed by atoms with van der Waals surface area (Å²) < 4.78 is 4.18. The molecule has 2 unspecified atom stereocenters. The minimum absolute atomic E-state index is 0. The number of carbonyl (C=O) groups is 1. The maximum Gasteiger partial charge on any atom is 0.336 e. The van der Waals surface area contributed by atoms with Crippen molar-refractivity contribution in [2.75, 3.05) is 0 Å². The first kappa shape index (κ1) is 12.1. The Balaban J connectivity index is 0. The molecule has 0 aliphatic rings. The van der Waals surface area contributed by atoms with Crippen LogP contribution in [0.1, 0.15) is 13.8 Å². The van der Waals surface area contributed by atoms with Gasteiger partial charge in [0.1, 0.15) is 6.10 Å². The number of esters is 1. The number of hydrogen-bond donors (Lipinski definition) is 3. The third-order valence-electron chi connectivity index (χ3n) is 0.628. The second-order valence-corrected chi connectivity index (χ2v) is 1.71. The van der Waals surface area contributed by atoms with Crippen LogP contribution >= 0.6 is 0 Å².